The van der Waals surface area contributed by atoms with Crippen LogP contribution in [-0.4, -0.2) is 13.6 Å². The topological polar surface area (TPSA) is 12.0 Å². The maximum absolute atomic E-state index is 12.3. The molecule has 14 heavy (non-hydrogen) atoms. The molecule has 0 fully saturated rings. The maximum atomic E-state index is 12.3. The third-order valence-corrected chi connectivity index (χ3v) is 2.33. The lowest BCUT2D eigenvalue weighted by Gasteiger charge is -2.06. The molecule has 0 unspecified atom stereocenters. The summed E-state index contributed by atoms with van der Waals surface area (Å²) in [5.74, 6) is 0. The van der Waals surface area contributed by atoms with Crippen molar-refractivity contribution in [3.05, 3.63) is 34.3 Å². The van der Waals surface area contributed by atoms with Crippen molar-refractivity contribution in [2.45, 2.75) is 12.8 Å². The molecule has 1 aromatic rings. The zero-order valence-corrected chi connectivity index (χ0v) is 8.61. The minimum atomic E-state index is -2.45. The Hall–Kier alpha value is -0.670. The number of alkyl halides is 2. The Balaban J connectivity index is 2.79. The van der Waals surface area contributed by atoms with E-state index in [2.05, 4.69) is 5.32 Å². The number of likely N-dealkylation sites (N-methyl/N-ethyl adjacent to an activating group) is 1. The van der Waals surface area contributed by atoms with Crippen LogP contribution >= 0.6 is 11.6 Å². The fraction of sp³-hybridized carbons (Fsp3) is 0.400. The van der Waals surface area contributed by atoms with Crippen LogP contribution < -0.4 is 5.32 Å². The van der Waals surface area contributed by atoms with Gasteiger partial charge in [-0.25, -0.2) is 8.78 Å². The molecule has 0 aromatic heterocycles. The lowest BCUT2D eigenvalue weighted by Crippen LogP contribution is -2.10. The van der Waals surface area contributed by atoms with Gasteiger partial charge in [-0.2, -0.15) is 0 Å². The van der Waals surface area contributed by atoms with Gasteiger partial charge in [0.05, 0.1) is 0 Å². The molecule has 0 bridgehead atoms. The molecule has 0 spiro atoms. The zero-order chi connectivity index (χ0) is 10.6. The summed E-state index contributed by atoms with van der Waals surface area (Å²) in [6.45, 7) is 0.785. The van der Waals surface area contributed by atoms with Crippen LogP contribution in [-0.2, 0) is 6.42 Å². The summed E-state index contributed by atoms with van der Waals surface area (Å²) < 4.78 is 24.5. The van der Waals surface area contributed by atoms with Crippen molar-refractivity contribution >= 4 is 11.6 Å². The van der Waals surface area contributed by atoms with E-state index in [0.29, 0.717) is 5.02 Å². The molecule has 0 atom stereocenters. The van der Waals surface area contributed by atoms with Gasteiger partial charge in [-0.15, -0.1) is 0 Å². The van der Waals surface area contributed by atoms with E-state index < -0.39 is 6.43 Å². The summed E-state index contributed by atoms with van der Waals surface area (Å²) in [5, 5.41) is 3.39. The van der Waals surface area contributed by atoms with Crippen LogP contribution in [0.4, 0.5) is 8.78 Å². The maximum Gasteiger partial charge on any atom is 0.263 e. The van der Waals surface area contributed by atoms with E-state index in [4.69, 9.17) is 11.6 Å². The molecule has 1 nitrogen and oxygen atoms in total. The molecule has 0 amide bonds. The van der Waals surface area contributed by atoms with E-state index in [9.17, 15) is 8.78 Å². The first kappa shape index (κ1) is 11.4. The minimum Gasteiger partial charge on any atom is -0.319 e. The second kappa shape index (κ2) is 5.27. The molecule has 0 saturated heterocycles. The quantitative estimate of drug-likeness (QED) is 0.821. The van der Waals surface area contributed by atoms with E-state index in [1.807, 2.05) is 7.05 Å². The Morgan fingerprint density at radius 1 is 1.43 bits per heavy atom. The number of hydrogen-bond donors (Lipinski definition) is 1. The highest BCUT2D eigenvalue weighted by Gasteiger charge is 2.09. The highest BCUT2D eigenvalue weighted by Crippen LogP contribution is 2.24. The predicted octanol–water partition coefficient (Wildman–Crippen LogP) is 3.04. The molecule has 0 aliphatic heterocycles. The Bertz CT molecular complexity index is 302. The average molecular weight is 220 g/mol. The van der Waals surface area contributed by atoms with Gasteiger partial charge in [0, 0.05) is 10.6 Å². The van der Waals surface area contributed by atoms with E-state index in [-0.39, 0.29) is 5.56 Å². The van der Waals surface area contributed by atoms with Crippen molar-refractivity contribution in [2.24, 2.45) is 0 Å². The van der Waals surface area contributed by atoms with Crippen LogP contribution in [0.25, 0.3) is 0 Å². The summed E-state index contributed by atoms with van der Waals surface area (Å²) in [4.78, 5) is 0. The van der Waals surface area contributed by atoms with E-state index in [0.717, 1.165) is 18.5 Å². The van der Waals surface area contributed by atoms with Crippen LogP contribution in [0.1, 0.15) is 17.6 Å². The van der Waals surface area contributed by atoms with Gasteiger partial charge in [-0.1, -0.05) is 23.7 Å². The van der Waals surface area contributed by atoms with Gasteiger partial charge in [0.1, 0.15) is 0 Å². The molecule has 1 N–H and O–H groups in total. The SMILES string of the molecule is CNCCc1ccc(C(F)F)cc1Cl. The molecule has 0 saturated carbocycles. The van der Waals surface area contributed by atoms with Crippen LogP contribution in [0.3, 0.4) is 0 Å². The molecule has 1 rings (SSSR count). The lowest BCUT2D eigenvalue weighted by atomic mass is 10.1. The second-order valence-corrected chi connectivity index (χ2v) is 3.41. The van der Waals surface area contributed by atoms with Gasteiger partial charge in [-0.3, -0.25) is 0 Å². The summed E-state index contributed by atoms with van der Waals surface area (Å²) in [7, 11) is 1.83. The lowest BCUT2D eigenvalue weighted by molar-refractivity contribution is 0.151. The first-order valence-corrected chi connectivity index (χ1v) is 4.74. The fourth-order valence-electron chi connectivity index (χ4n) is 1.16. The van der Waals surface area contributed by atoms with Crippen LogP contribution in [0, 0.1) is 0 Å². The number of benzene rings is 1. The van der Waals surface area contributed by atoms with Crippen molar-refractivity contribution in [1.29, 1.82) is 0 Å². The zero-order valence-electron chi connectivity index (χ0n) is 7.86. The Labute approximate surface area is 87.1 Å². The second-order valence-electron chi connectivity index (χ2n) is 3.01. The molecular formula is C10H12ClF2N. The van der Waals surface area contributed by atoms with Gasteiger partial charge < -0.3 is 5.32 Å². The van der Waals surface area contributed by atoms with Crippen LogP contribution in [0.15, 0.2) is 18.2 Å². The number of hydrogen-bond acceptors (Lipinski definition) is 1. The molecule has 0 heterocycles. The summed E-state index contributed by atoms with van der Waals surface area (Å²) in [5.41, 5.74) is 0.869. The smallest absolute Gasteiger partial charge is 0.263 e. The average Bonchev–Trinajstić information content (AvgIpc) is 2.15. The number of halogens is 3. The predicted molar refractivity (Wildman–Crippen MR) is 54.0 cm³/mol. The molecule has 0 aliphatic rings. The van der Waals surface area contributed by atoms with Crippen molar-refractivity contribution in [3.8, 4) is 0 Å². The first-order chi connectivity index (χ1) is 6.65. The van der Waals surface area contributed by atoms with Crippen LogP contribution in [0.5, 0.6) is 0 Å². The van der Waals surface area contributed by atoms with Gasteiger partial charge >= 0.3 is 0 Å². The standard InChI is InChI=1S/C10H12ClF2N/c1-14-5-4-7-2-3-8(10(12)13)6-9(7)11/h2-3,6,10,14H,4-5H2,1H3. The third kappa shape index (κ3) is 2.93. The summed E-state index contributed by atoms with van der Waals surface area (Å²) in [6, 6.07) is 4.40. The molecule has 1 aromatic carbocycles. The Kier molecular flexibility index (Phi) is 4.29. The van der Waals surface area contributed by atoms with E-state index >= 15 is 0 Å². The largest absolute Gasteiger partial charge is 0.319 e. The van der Waals surface area contributed by atoms with Crippen molar-refractivity contribution in [2.75, 3.05) is 13.6 Å². The highest BCUT2D eigenvalue weighted by molar-refractivity contribution is 6.31. The fourth-order valence-corrected chi connectivity index (χ4v) is 1.45. The number of nitrogens with one attached hydrogen (secondary N) is 1. The van der Waals surface area contributed by atoms with Gasteiger partial charge in [0.15, 0.2) is 0 Å². The third-order valence-electron chi connectivity index (χ3n) is 1.97. The van der Waals surface area contributed by atoms with Gasteiger partial charge in [0.25, 0.3) is 6.43 Å². The van der Waals surface area contributed by atoms with Gasteiger partial charge in [0.2, 0.25) is 0 Å². The van der Waals surface area contributed by atoms with Gasteiger partial charge in [-0.05, 0) is 31.6 Å². The van der Waals surface area contributed by atoms with E-state index in [1.165, 1.54) is 12.1 Å². The Morgan fingerprint density at radius 3 is 2.64 bits per heavy atom. The molecule has 0 radical (unpaired) electrons. The molecule has 78 valence electrons. The first-order valence-electron chi connectivity index (χ1n) is 4.36. The van der Waals surface area contributed by atoms with Crippen molar-refractivity contribution < 1.29 is 8.78 Å². The van der Waals surface area contributed by atoms with Crippen LogP contribution in [0.2, 0.25) is 5.02 Å². The molecule has 0 aliphatic carbocycles. The highest BCUT2D eigenvalue weighted by atomic mass is 35.5. The van der Waals surface area contributed by atoms with Crippen molar-refractivity contribution in [1.82, 2.24) is 5.32 Å². The molecular weight excluding hydrogens is 208 g/mol. The monoisotopic (exact) mass is 219 g/mol. The molecule has 4 heteroatoms. The van der Waals surface area contributed by atoms with Crippen molar-refractivity contribution in [3.63, 3.8) is 0 Å². The Morgan fingerprint density at radius 2 is 2.14 bits per heavy atom. The minimum absolute atomic E-state index is 0.0248. The summed E-state index contributed by atoms with van der Waals surface area (Å²) in [6.07, 6.45) is -1.70. The normalized spacial score (nSPS) is 10.9. The van der Waals surface area contributed by atoms with E-state index in [1.54, 1.807) is 6.07 Å². The number of rotatable bonds is 4. The summed E-state index contributed by atoms with van der Waals surface area (Å²) >= 11 is 5.85.